The first kappa shape index (κ1) is 13.8. The topological polar surface area (TPSA) is 49.8 Å². The highest BCUT2D eigenvalue weighted by molar-refractivity contribution is 7.18. The molecule has 0 bridgehead atoms. The molecular weight excluding hydrogens is 268 g/mol. The second kappa shape index (κ2) is 5.66. The number of nitrogens with zero attached hydrogens (tertiary/aromatic N) is 2. The molecule has 4 nitrogen and oxygen atoms in total. The van der Waals surface area contributed by atoms with Gasteiger partial charge in [0.15, 0.2) is 0 Å². The maximum atomic E-state index is 4.43. The third-order valence-corrected chi connectivity index (χ3v) is 5.28. The SMILES string of the molecule is CCc1cc2c(NCC3(C)CCCNC3)ncnc2s1. The number of aryl methyl sites for hydroxylation is 1. The van der Waals surface area contributed by atoms with E-state index in [1.54, 1.807) is 17.7 Å². The molecule has 108 valence electrons. The average Bonchev–Trinajstić information content (AvgIpc) is 2.89. The predicted octanol–water partition coefficient (Wildman–Crippen LogP) is 3.06. The molecule has 2 aromatic heterocycles. The van der Waals surface area contributed by atoms with Crippen LogP contribution in [0.5, 0.6) is 0 Å². The van der Waals surface area contributed by atoms with E-state index in [2.05, 4.69) is 40.5 Å². The van der Waals surface area contributed by atoms with Gasteiger partial charge < -0.3 is 10.6 Å². The van der Waals surface area contributed by atoms with Gasteiger partial charge in [0.25, 0.3) is 0 Å². The van der Waals surface area contributed by atoms with E-state index in [4.69, 9.17) is 0 Å². The van der Waals surface area contributed by atoms with Gasteiger partial charge in [-0.05, 0) is 37.3 Å². The lowest BCUT2D eigenvalue weighted by Gasteiger charge is -2.34. The molecule has 0 aromatic carbocycles. The Kier molecular flexibility index (Phi) is 3.89. The summed E-state index contributed by atoms with van der Waals surface area (Å²) in [5, 5.41) is 8.21. The number of fused-ring (bicyclic) bond motifs is 1. The van der Waals surface area contributed by atoms with Crippen molar-refractivity contribution in [3.8, 4) is 0 Å². The summed E-state index contributed by atoms with van der Waals surface area (Å²) in [5.41, 5.74) is 0.319. The Labute approximate surface area is 124 Å². The largest absolute Gasteiger partial charge is 0.369 e. The Morgan fingerprint density at radius 1 is 1.45 bits per heavy atom. The monoisotopic (exact) mass is 290 g/mol. The predicted molar refractivity (Wildman–Crippen MR) is 85.5 cm³/mol. The van der Waals surface area contributed by atoms with Crippen LogP contribution in [0.1, 0.15) is 31.6 Å². The first-order chi connectivity index (χ1) is 9.70. The van der Waals surface area contributed by atoms with Crippen molar-refractivity contribution in [1.82, 2.24) is 15.3 Å². The fourth-order valence-corrected chi connectivity index (χ4v) is 3.72. The van der Waals surface area contributed by atoms with Crippen LogP contribution in [0.3, 0.4) is 0 Å². The fourth-order valence-electron chi connectivity index (χ4n) is 2.79. The lowest BCUT2D eigenvalue weighted by Crippen LogP contribution is -2.42. The van der Waals surface area contributed by atoms with Crippen LogP contribution >= 0.6 is 11.3 Å². The molecule has 2 aromatic rings. The summed E-state index contributed by atoms with van der Waals surface area (Å²) < 4.78 is 0. The van der Waals surface area contributed by atoms with E-state index in [9.17, 15) is 0 Å². The zero-order valence-electron chi connectivity index (χ0n) is 12.2. The van der Waals surface area contributed by atoms with Crippen molar-refractivity contribution in [2.24, 2.45) is 5.41 Å². The molecule has 1 unspecified atom stereocenters. The minimum absolute atomic E-state index is 0.319. The second-order valence-electron chi connectivity index (χ2n) is 5.95. The van der Waals surface area contributed by atoms with Gasteiger partial charge in [-0.1, -0.05) is 13.8 Å². The molecule has 0 aliphatic carbocycles. The molecule has 1 aliphatic heterocycles. The molecule has 1 aliphatic rings. The van der Waals surface area contributed by atoms with Crippen molar-refractivity contribution in [3.05, 3.63) is 17.3 Å². The number of nitrogens with one attached hydrogen (secondary N) is 2. The van der Waals surface area contributed by atoms with Crippen molar-refractivity contribution >= 4 is 27.4 Å². The molecule has 2 N–H and O–H groups in total. The summed E-state index contributed by atoms with van der Waals surface area (Å²) in [6, 6.07) is 2.23. The third-order valence-electron chi connectivity index (χ3n) is 4.10. The van der Waals surface area contributed by atoms with E-state index in [1.807, 2.05) is 0 Å². The Balaban J connectivity index is 1.78. The van der Waals surface area contributed by atoms with Crippen LogP contribution in [0.4, 0.5) is 5.82 Å². The Morgan fingerprint density at radius 3 is 3.10 bits per heavy atom. The maximum Gasteiger partial charge on any atom is 0.138 e. The van der Waals surface area contributed by atoms with E-state index in [1.165, 1.54) is 23.1 Å². The van der Waals surface area contributed by atoms with Crippen LogP contribution in [0.25, 0.3) is 10.2 Å². The standard InChI is InChI=1S/C15H22N4S/c1-3-11-7-12-13(18-10-19-14(12)20-11)17-9-15(2)5-4-6-16-8-15/h7,10,16H,3-6,8-9H2,1-2H3,(H,17,18,19). The number of rotatable bonds is 4. The van der Waals surface area contributed by atoms with Crippen LogP contribution < -0.4 is 10.6 Å². The minimum atomic E-state index is 0.319. The van der Waals surface area contributed by atoms with Crippen molar-refractivity contribution < 1.29 is 0 Å². The van der Waals surface area contributed by atoms with E-state index in [-0.39, 0.29) is 0 Å². The van der Waals surface area contributed by atoms with Crippen molar-refractivity contribution in [1.29, 1.82) is 0 Å². The summed E-state index contributed by atoms with van der Waals surface area (Å²) in [6.07, 6.45) is 5.25. The zero-order valence-corrected chi connectivity index (χ0v) is 13.0. The van der Waals surface area contributed by atoms with Crippen LogP contribution in [-0.4, -0.2) is 29.6 Å². The summed E-state index contributed by atoms with van der Waals surface area (Å²) in [5.74, 6) is 0.984. The highest BCUT2D eigenvalue weighted by Gasteiger charge is 2.26. The number of piperidine rings is 1. The molecule has 0 radical (unpaired) electrons. The molecule has 1 saturated heterocycles. The molecule has 0 saturated carbocycles. The molecule has 0 spiro atoms. The smallest absolute Gasteiger partial charge is 0.138 e. The van der Waals surface area contributed by atoms with E-state index in [0.29, 0.717) is 5.41 Å². The highest BCUT2D eigenvalue weighted by atomic mass is 32.1. The first-order valence-corrected chi connectivity index (χ1v) is 8.20. The van der Waals surface area contributed by atoms with Gasteiger partial charge in [-0.2, -0.15) is 0 Å². The van der Waals surface area contributed by atoms with Crippen LogP contribution in [0, 0.1) is 5.41 Å². The normalized spacial score (nSPS) is 23.1. The summed E-state index contributed by atoms with van der Waals surface area (Å²) in [7, 11) is 0. The van der Waals surface area contributed by atoms with Crippen molar-refractivity contribution in [2.45, 2.75) is 33.1 Å². The lowest BCUT2D eigenvalue weighted by atomic mass is 9.83. The zero-order chi connectivity index (χ0) is 14.0. The number of aromatic nitrogens is 2. The maximum absolute atomic E-state index is 4.43. The Morgan fingerprint density at radius 2 is 2.35 bits per heavy atom. The van der Waals surface area contributed by atoms with Crippen LogP contribution in [0.2, 0.25) is 0 Å². The van der Waals surface area contributed by atoms with Gasteiger partial charge in [-0.25, -0.2) is 9.97 Å². The second-order valence-corrected chi connectivity index (χ2v) is 7.07. The van der Waals surface area contributed by atoms with E-state index < -0.39 is 0 Å². The third kappa shape index (κ3) is 2.79. The molecule has 1 atom stereocenters. The van der Waals surface area contributed by atoms with E-state index in [0.717, 1.165) is 36.7 Å². The number of hydrogen-bond donors (Lipinski definition) is 2. The molecule has 3 rings (SSSR count). The molecule has 1 fully saturated rings. The number of hydrogen-bond acceptors (Lipinski definition) is 5. The summed E-state index contributed by atoms with van der Waals surface area (Å²) in [4.78, 5) is 11.3. The summed E-state index contributed by atoms with van der Waals surface area (Å²) in [6.45, 7) is 7.72. The van der Waals surface area contributed by atoms with Gasteiger partial charge in [0, 0.05) is 18.0 Å². The lowest BCUT2D eigenvalue weighted by molar-refractivity contribution is 0.253. The average molecular weight is 290 g/mol. The molecule has 5 heteroatoms. The van der Waals surface area contributed by atoms with Crippen molar-refractivity contribution in [2.75, 3.05) is 25.0 Å². The van der Waals surface area contributed by atoms with Gasteiger partial charge in [0.05, 0.1) is 5.39 Å². The van der Waals surface area contributed by atoms with Gasteiger partial charge in [-0.15, -0.1) is 11.3 Å². The van der Waals surface area contributed by atoms with Crippen LogP contribution in [-0.2, 0) is 6.42 Å². The molecule has 0 amide bonds. The Hall–Kier alpha value is -1.20. The summed E-state index contributed by atoms with van der Waals surface area (Å²) >= 11 is 1.77. The van der Waals surface area contributed by atoms with Crippen molar-refractivity contribution in [3.63, 3.8) is 0 Å². The van der Waals surface area contributed by atoms with E-state index >= 15 is 0 Å². The van der Waals surface area contributed by atoms with Gasteiger partial charge in [-0.3, -0.25) is 0 Å². The molecule has 3 heterocycles. The highest BCUT2D eigenvalue weighted by Crippen LogP contribution is 2.30. The van der Waals surface area contributed by atoms with Gasteiger partial charge >= 0.3 is 0 Å². The fraction of sp³-hybridized carbons (Fsp3) is 0.600. The quantitative estimate of drug-likeness (QED) is 0.908. The van der Waals surface area contributed by atoms with Crippen LogP contribution in [0.15, 0.2) is 12.4 Å². The first-order valence-electron chi connectivity index (χ1n) is 7.38. The minimum Gasteiger partial charge on any atom is -0.369 e. The molecular formula is C15H22N4S. The molecule has 20 heavy (non-hydrogen) atoms. The number of thiophene rings is 1. The number of anilines is 1. The van der Waals surface area contributed by atoms with Gasteiger partial charge in [0.2, 0.25) is 0 Å². The van der Waals surface area contributed by atoms with Gasteiger partial charge in [0.1, 0.15) is 17.0 Å². The Bertz CT molecular complexity index is 587.